The van der Waals surface area contributed by atoms with Crippen molar-refractivity contribution < 1.29 is 4.74 Å². The molecule has 0 aliphatic carbocycles. The highest BCUT2D eigenvalue weighted by molar-refractivity contribution is 6.33. The lowest BCUT2D eigenvalue weighted by molar-refractivity contribution is 0.222. The molecule has 2 rings (SSSR count). The molecule has 0 saturated heterocycles. The molecule has 0 atom stereocenters. The van der Waals surface area contributed by atoms with Gasteiger partial charge in [0.1, 0.15) is 5.02 Å². The molecule has 1 aliphatic rings. The van der Waals surface area contributed by atoms with Crippen LogP contribution < -0.4 is 10.5 Å². The third kappa shape index (κ3) is 2.68. The van der Waals surface area contributed by atoms with Crippen LogP contribution in [0.1, 0.15) is 6.42 Å². The average Bonchev–Trinajstić information content (AvgIpc) is 2.34. The number of aromatic amines is 1. The van der Waals surface area contributed by atoms with Gasteiger partial charge in [0.05, 0.1) is 18.5 Å². The van der Waals surface area contributed by atoms with Gasteiger partial charge in [0.2, 0.25) is 0 Å². The second-order valence-corrected chi connectivity index (χ2v) is 4.27. The maximum absolute atomic E-state index is 11.3. The SMILES string of the molecule is COCC1=CCN(c2cn[nH]c(=O)c2Cl)CC1. The maximum atomic E-state index is 11.3. The Labute approximate surface area is 104 Å². The van der Waals surface area contributed by atoms with E-state index in [1.807, 2.05) is 4.90 Å². The second kappa shape index (κ2) is 5.33. The molecule has 6 heteroatoms. The van der Waals surface area contributed by atoms with E-state index >= 15 is 0 Å². The fourth-order valence-corrected chi connectivity index (χ4v) is 2.05. The largest absolute Gasteiger partial charge is 0.380 e. The van der Waals surface area contributed by atoms with E-state index < -0.39 is 0 Å². The third-order valence-electron chi connectivity index (χ3n) is 2.75. The van der Waals surface area contributed by atoms with Crippen LogP contribution in [0.2, 0.25) is 5.02 Å². The van der Waals surface area contributed by atoms with Crippen molar-refractivity contribution in [1.82, 2.24) is 10.2 Å². The van der Waals surface area contributed by atoms with Crippen molar-refractivity contribution in [1.29, 1.82) is 0 Å². The molecule has 0 unspecified atom stereocenters. The molecule has 1 N–H and O–H groups in total. The monoisotopic (exact) mass is 255 g/mol. The lowest BCUT2D eigenvalue weighted by Gasteiger charge is -2.28. The van der Waals surface area contributed by atoms with Crippen molar-refractivity contribution in [2.24, 2.45) is 0 Å². The Bertz CT molecular complexity index is 484. The smallest absolute Gasteiger partial charge is 0.285 e. The standard InChI is InChI=1S/C11H14ClN3O2/c1-17-7-8-2-4-15(5-3-8)9-6-13-14-11(16)10(9)12/h2,6H,3-5,7H2,1H3,(H,14,16). The van der Waals surface area contributed by atoms with Crippen molar-refractivity contribution in [3.05, 3.63) is 33.2 Å². The van der Waals surface area contributed by atoms with E-state index in [0.717, 1.165) is 19.5 Å². The van der Waals surface area contributed by atoms with E-state index in [1.54, 1.807) is 13.3 Å². The number of nitrogens with zero attached hydrogens (tertiary/aromatic N) is 2. The molecular formula is C11H14ClN3O2. The number of methoxy groups -OCH3 is 1. The first-order valence-electron chi connectivity index (χ1n) is 5.37. The molecule has 0 saturated carbocycles. The minimum Gasteiger partial charge on any atom is -0.380 e. The first kappa shape index (κ1) is 12.1. The summed E-state index contributed by atoms with van der Waals surface area (Å²) in [5.74, 6) is 0. The van der Waals surface area contributed by atoms with Crippen molar-refractivity contribution in [3.63, 3.8) is 0 Å². The molecule has 1 aromatic rings. The van der Waals surface area contributed by atoms with E-state index in [1.165, 1.54) is 5.57 Å². The molecule has 5 nitrogen and oxygen atoms in total. The molecule has 0 amide bonds. The Balaban J connectivity index is 2.16. The topological polar surface area (TPSA) is 58.2 Å². The summed E-state index contributed by atoms with van der Waals surface area (Å²) in [6.45, 7) is 2.21. The van der Waals surface area contributed by atoms with Crippen LogP contribution in [0.15, 0.2) is 22.6 Å². The van der Waals surface area contributed by atoms with Gasteiger partial charge in [-0.1, -0.05) is 17.7 Å². The summed E-state index contributed by atoms with van der Waals surface area (Å²) < 4.78 is 5.08. The molecule has 0 spiro atoms. The van der Waals surface area contributed by atoms with E-state index in [4.69, 9.17) is 16.3 Å². The van der Waals surface area contributed by atoms with Gasteiger partial charge in [-0.15, -0.1) is 0 Å². The van der Waals surface area contributed by atoms with E-state index in [-0.39, 0.29) is 10.6 Å². The van der Waals surface area contributed by atoms with Crippen LogP contribution in [0.25, 0.3) is 0 Å². The molecule has 0 aromatic carbocycles. The van der Waals surface area contributed by atoms with Gasteiger partial charge >= 0.3 is 0 Å². The molecule has 0 radical (unpaired) electrons. The van der Waals surface area contributed by atoms with Gasteiger partial charge in [-0.3, -0.25) is 4.79 Å². The zero-order valence-electron chi connectivity index (χ0n) is 9.57. The number of rotatable bonds is 3. The van der Waals surface area contributed by atoms with Crippen LogP contribution in [-0.4, -0.2) is 37.0 Å². The van der Waals surface area contributed by atoms with Gasteiger partial charge in [0, 0.05) is 20.2 Å². The highest BCUT2D eigenvalue weighted by Gasteiger charge is 2.16. The third-order valence-corrected chi connectivity index (χ3v) is 3.12. The normalized spacial score (nSPS) is 15.9. The number of ether oxygens (including phenoxy) is 1. The Morgan fingerprint density at radius 3 is 3.12 bits per heavy atom. The second-order valence-electron chi connectivity index (χ2n) is 3.89. The Morgan fingerprint density at radius 2 is 2.47 bits per heavy atom. The maximum Gasteiger partial charge on any atom is 0.285 e. The first-order valence-corrected chi connectivity index (χ1v) is 5.75. The predicted octanol–water partition coefficient (Wildman–Crippen LogP) is 1.21. The van der Waals surface area contributed by atoms with Gasteiger partial charge in [0.15, 0.2) is 0 Å². The van der Waals surface area contributed by atoms with Crippen LogP contribution in [-0.2, 0) is 4.74 Å². The van der Waals surface area contributed by atoms with Gasteiger partial charge in [-0.05, 0) is 12.0 Å². The Hall–Kier alpha value is -1.33. The minimum atomic E-state index is -0.351. The molecule has 0 fully saturated rings. The molecule has 92 valence electrons. The van der Waals surface area contributed by atoms with Crippen LogP contribution in [0.5, 0.6) is 0 Å². The van der Waals surface area contributed by atoms with Crippen molar-refractivity contribution >= 4 is 17.3 Å². The molecule has 2 heterocycles. The Kier molecular flexibility index (Phi) is 3.81. The number of anilines is 1. The van der Waals surface area contributed by atoms with Gasteiger partial charge < -0.3 is 9.64 Å². The summed E-state index contributed by atoms with van der Waals surface area (Å²) in [6.07, 6.45) is 4.60. The number of hydrogen-bond acceptors (Lipinski definition) is 4. The zero-order valence-corrected chi connectivity index (χ0v) is 10.3. The molecule has 1 aliphatic heterocycles. The molecule has 1 aromatic heterocycles. The predicted molar refractivity (Wildman–Crippen MR) is 66.7 cm³/mol. The summed E-state index contributed by atoms with van der Waals surface area (Å²) in [6, 6.07) is 0. The first-order chi connectivity index (χ1) is 8.22. The fraction of sp³-hybridized carbons (Fsp3) is 0.455. The lowest BCUT2D eigenvalue weighted by atomic mass is 10.1. The number of H-pyrrole nitrogens is 1. The Morgan fingerprint density at radius 1 is 1.65 bits per heavy atom. The van der Waals surface area contributed by atoms with Crippen LogP contribution >= 0.6 is 11.6 Å². The van der Waals surface area contributed by atoms with Crippen molar-refractivity contribution in [2.45, 2.75) is 6.42 Å². The minimum absolute atomic E-state index is 0.198. The zero-order chi connectivity index (χ0) is 12.3. The summed E-state index contributed by atoms with van der Waals surface area (Å²) in [5, 5.41) is 6.27. The van der Waals surface area contributed by atoms with Crippen LogP contribution in [0.4, 0.5) is 5.69 Å². The van der Waals surface area contributed by atoms with Crippen molar-refractivity contribution in [2.75, 3.05) is 31.7 Å². The summed E-state index contributed by atoms with van der Waals surface area (Å²) in [4.78, 5) is 13.4. The number of aromatic nitrogens is 2. The fourth-order valence-electron chi connectivity index (χ4n) is 1.84. The summed E-state index contributed by atoms with van der Waals surface area (Å²) >= 11 is 5.95. The quantitative estimate of drug-likeness (QED) is 0.825. The van der Waals surface area contributed by atoms with Crippen molar-refractivity contribution in [3.8, 4) is 0 Å². The summed E-state index contributed by atoms with van der Waals surface area (Å²) in [5.41, 5.74) is 1.61. The van der Waals surface area contributed by atoms with Crippen LogP contribution in [0, 0.1) is 0 Å². The highest BCUT2D eigenvalue weighted by Crippen LogP contribution is 2.23. The van der Waals surface area contributed by atoms with E-state index in [2.05, 4.69) is 16.3 Å². The number of nitrogens with one attached hydrogen (secondary N) is 1. The van der Waals surface area contributed by atoms with Gasteiger partial charge in [-0.2, -0.15) is 5.10 Å². The number of hydrogen-bond donors (Lipinski definition) is 1. The molecular weight excluding hydrogens is 242 g/mol. The van der Waals surface area contributed by atoms with Gasteiger partial charge in [-0.25, -0.2) is 5.10 Å². The van der Waals surface area contributed by atoms with E-state index in [0.29, 0.717) is 12.3 Å². The van der Waals surface area contributed by atoms with Crippen LogP contribution in [0.3, 0.4) is 0 Å². The molecule has 17 heavy (non-hydrogen) atoms. The summed E-state index contributed by atoms with van der Waals surface area (Å²) in [7, 11) is 1.69. The lowest BCUT2D eigenvalue weighted by Crippen LogP contribution is -2.31. The molecule has 0 bridgehead atoms. The average molecular weight is 256 g/mol. The highest BCUT2D eigenvalue weighted by atomic mass is 35.5. The van der Waals surface area contributed by atoms with Gasteiger partial charge in [0.25, 0.3) is 5.56 Å². The number of halogens is 1. The van der Waals surface area contributed by atoms with E-state index in [9.17, 15) is 4.79 Å².